The van der Waals surface area contributed by atoms with Gasteiger partial charge in [0, 0.05) is 50.8 Å². The molecule has 1 aliphatic heterocycles. The van der Waals surface area contributed by atoms with Gasteiger partial charge in [0.05, 0.1) is 0 Å². The van der Waals surface area contributed by atoms with Crippen molar-refractivity contribution in [3.8, 4) is 0 Å². The predicted molar refractivity (Wildman–Crippen MR) is 81.7 cm³/mol. The topological polar surface area (TPSA) is 19.4 Å². The third-order valence-corrected chi connectivity index (χ3v) is 5.31. The van der Waals surface area contributed by atoms with Gasteiger partial charge in [-0.15, -0.1) is 0 Å². The highest BCUT2D eigenvalue weighted by atomic mass is 15.3. The lowest BCUT2D eigenvalue weighted by atomic mass is 9.93. The molecule has 20 heavy (non-hydrogen) atoms. The van der Waals surface area contributed by atoms with Gasteiger partial charge in [-0.05, 0) is 42.7 Å². The maximum atomic E-state index is 4.10. The number of nitrogens with zero attached hydrogens (tertiary/aromatic N) is 3. The van der Waals surface area contributed by atoms with Crippen molar-refractivity contribution < 1.29 is 0 Å². The maximum Gasteiger partial charge on any atom is 0.0397 e. The standard InChI is InChI=1S/C17H23N3/c1-2-15-11-14(1)12-16(15)13-19-7-9-20(10-8-19)17-3-5-18-6-4-17/h1-6,14-16H,7-13H2/t14-,15-,16-/m0/s1. The summed E-state index contributed by atoms with van der Waals surface area (Å²) in [5.74, 6) is 2.72. The molecule has 0 aromatic carbocycles. The van der Waals surface area contributed by atoms with Crippen molar-refractivity contribution in [2.24, 2.45) is 17.8 Å². The van der Waals surface area contributed by atoms with Crippen LogP contribution >= 0.6 is 0 Å². The Morgan fingerprint density at radius 2 is 1.80 bits per heavy atom. The lowest BCUT2D eigenvalue weighted by Gasteiger charge is -2.38. The summed E-state index contributed by atoms with van der Waals surface area (Å²) in [6.45, 7) is 6.04. The summed E-state index contributed by atoms with van der Waals surface area (Å²) >= 11 is 0. The Morgan fingerprint density at radius 3 is 2.45 bits per heavy atom. The van der Waals surface area contributed by atoms with Crippen molar-refractivity contribution in [3.63, 3.8) is 0 Å². The molecule has 1 saturated carbocycles. The Kier molecular flexibility index (Phi) is 3.23. The fraction of sp³-hybridized carbons (Fsp3) is 0.588. The van der Waals surface area contributed by atoms with Gasteiger partial charge < -0.3 is 4.90 Å². The molecule has 3 nitrogen and oxygen atoms in total. The predicted octanol–water partition coefficient (Wildman–Crippen LogP) is 2.42. The molecule has 2 aliphatic carbocycles. The molecule has 4 rings (SSSR count). The van der Waals surface area contributed by atoms with Crippen molar-refractivity contribution in [1.82, 2.24) is 9.88 Å². The van der Waals surface area contributed by atoms with E-state index in [-0.39, 0.29) is 0 Å². The minimum absolute atomic E-state index is 0.887. The van der Waals surface area contributed by atoms with E-state index in [2.05, 4.69) is 39.1 Å². The number of allylic oxidation sites excluding steroid dienone is 2. The number of fused-ring (bicyclic) bond motifs is 2. The zero-order chi connectivity index (χ0) is 13.4. The average molecular weight is 269 g/mol. The molecular weight excluding hydrogens is 246 g/mol. The van der Waals surface area contributed by atoms with Crippen molar-refractivity contribution in [3.05, 3.63) is 36.7 Å². The molecule has 1 aromatic heterocycles. The minimum Gasteiger partial charge on any atom is -0.369 e. The lowest BCUT2D eigenvalue weighted by molar-refractivity contribution is 0.204. The first-order chi connectivity index (χ1) is 9.88. The van der Waals surface area contributed by atoms with Gasteiger partial charge in [0.25, 0.3) is 0 Å². The molecule has 3 atom stereocenters. The van der Waals surface area contributed by atoms with Gasteiger partial charge in [0.2, 0.25) is 0 Å². The number of pyridine rings is 1. The van der Waals surface area contributed by atoms with Crippen molar-refractivity contribution in [2.75, 3.05) is 37.6 Å². The van der Waals surface area contributed by atoms with Crippen LogP contribution in [0.4, 0.5) is 5.69 Å². The van der Waals surface area contributed by atoms with Crippen molar-refractivity contribution >= 4 is 5.69 Å². The summed E-state index contributed by atoms with van der Waals surface area (Å²) in [4.78, 5) is 9.26. The minimum atomic E-state index is 0.887. The Morgan fingerprint density at radius 1 is 1.00 bits per heavy atom. The fourth-order valence-corrected chi connectivity index (χ4v) is 4.18. The average Bonchev–Trinajstić information content (AvgIpc) is 3.12. The van der Waals surface area contributed by atoms with Crippen molar-refractivity contribution in [1.29, 1.82) is 0 Å². The molecule has 0 N–H and O–H groups in total. The molecule has 3 aliphatic rings. The van der Waals surface area contributed by atoms with Crippen LogP contribution in [-0.2, 0) is 0 Å². The highest BCUT2D eigenvalue weighted by molar-refractivity contribution is 5.44. The third kappa shape index (κ3) is 2.35. The third-order valence-electron chi connectivity index (χ3n) is 5.31. The van der Waals surface area contributed by atoms with E-state index in [4.69, 9.17) is 0 Å². The first-order valence-electron chi connectivity index (χ1n) is 7.94. The summed E-state index contributed by atoms with van der Waals surface area (Å²) in [5.41, 5.74) is 1.32. The van der Waals surface area contributed by atoms with Gasteiger partial charge in [0.15, 0.2) is 0 Å². The molecule has 0 unspecified atom stereocenters. The maximum absolute atomic E-state index is 4.10. The highest BCUT2D eigenvalue weighted by Crippen LogP contribution is 2.43. The van der Waals surface area contributed by atoms with E-state index in [1.165, 1.54) is 38.2 Å². The molecule has 1 aromatic rings. The summed E-state index contributed by atoms with van der Waals surface area (Å²) in [6.07, 6.45) is 11.6. The first-order valence-corrected chi connectivity index (χ1v) is 7.94. The zero-order valence-corrected chi connectivity index (χ0v) is 12.0. The van der Waals surface area contributed by atoms with E-state index in [9.17, 15) is 0 Å². The second-order valence-electron chi connectivity index (χ2n) is 6.53. The molecule has 2 fully saturated rings. The number of anilines is 1. The van der Waals surface area contributed by atoms with Gasteiger partial charge in [-0.3, -0.25) is 9.88 Å². The van der Waals surface area contributed by atoms with Gasteiger partial charge in [0.1, 0.15) is 0 Å². The van der Waals surface area contributed by atoms with Gasteiger partial charge in [-0.2, -0.15) is 0 Å². The normalized spacial score (nSPS) is 33.0. The first kappa shape index (κ1) is 12.4. The molecule has 1 saturated heterocycles. The molecular formula is C17H23N3. The van der Waals surface area contributed by atoms with E-state index >= 15 is 0 Å². The molecule has 0 radical (unpaired) electrons. The van der Waals surface area contributed by atoms with Crippen molar-refractivity contribution in [2.45, 2.75) is 12.8 Å². The summed E-state index contributed by atoms with van der Waals surface area (Å²) < 4.78 is 0. The van der Waals surface area contributed by atoms with E-state index in [1.54, 1.807) is 0 Å². The summed E-state index contributed by atoms with van der Waals surface area (Å²) in [5, 5.41) is 0. The largest absolute Gasteiger partial charge is 0.369 e. The van der Waals surface area contributed by atoms with Crippen LogP contribution in [0.2, 0.25) is 0 Å². The van der Waals surface area contributed by atoms with Crippen LogP contribution in [-0.4, -0.2) is 42.6 Å². The van der Waals surface area contributed by atoms with Crippen LogP contribution < -0.4 is 4.90 Å². The lowest BCUT2D eigenvalue weighted by Crippen LogP contribution is -2.48. The molecule has 0 spiro atoms. The van der Waals surface area contributed by atoms with Crippen LogP contribution in [0.25, 0.3) is 0 Å². The quantitative estimate of drug-likeness (QED) is 0.786. The van der Waals surface area contributed by atoms with Crippen LogP contribution in [0.5, 0.6) is 0 Å². The van der Waals surface area contributed by atoms with Crippen LogP contribution in [0, 0.1) is 17.8 Å². The summed E-state index contributed by atoms with van der Waals surface area (Å²) in [6, 6.07) is 4.24. The molecule has 2 heterocycles. The Balaban J connectivity index is 1.31. The molecule has 106 valence electrons. The second kappa shape index (κ2) is 5.21. The van der Waals surface area contributed by atoms with E-state index in [0.717, 1.165) is 30.8 Å². The summed E-state index contributed by atoms with van der Waals surface area (Å²) in [7, 11) is 0. The van der Waals surface area contributed by atoms with Gasteiger partial charge in [-0.25, -0.2) is 0 Å². The number of hydrogen-bond acceptors (Lipinski definition) is 3. The van der Waals surface area contributed by atoms with E-state index < -0.39 is 0 Å². The second-order valence-corrected chi connectivity index (χ2v) is 6.53. The molecule has 2 bridgehead atoms. The Labute approximate surface area is 121 Å². The van der Waals surface area contributed by atoms with E-state index in [0.29, 0.717) is 0 Å². The fourth-order valence-electron chi connectivity index (χ4n) is 4.18. The smallest absolute Gasteiger partial charge is 0.0397 e. The number of hydrogen-bond donors (Lipinski definition) is 0. The van der Waals surface area contributed by atoms with E-state index in [1.807, 2.05) is 12.4 Å². The number of aromatic nitrogens is 1. The highest BCUT2D eigenvalue weighted by Gasteiger charge is 2.36. The number of piperazine rings is 1. The van der Waals surface area contributed by atoms with Crippen LogP contribution in [0.1, 0.15) is 12.8 Å². The SMILES string of the molecule is C1=C[C@H]2C[C@H]1C[C@H]2CN1CCN(c2ccncc2)CC1. The molecule has 0 amide bonds. The Hall–Kier alpha value is -1.35. The zero-order valence-electron chi connectivity index (χ0n) is 12.0. The van der Waals surface area contributed by atoms with Gasteiger partial charge >= 0.3 is 0 Å². The monoisotopic (exact) mass is 269 g/mol. The van der Waals surface area contributed by atoms with Crippen LogP contribution in [0.3, 0.4) is 0 Å². The Bertz CT molecular complexity index is 476. The van der Waals surface area contributed by atoms with Gasteiger partial charge in [-0.1, -0.05) is 12.2 Å². The number of rotatable bonds is 3. The molecule has 3 heteroatoms. The van der Waals surface area contributed by atoms with Crippen LogP contribution in [0.15, 0.2) is 36.7 Å².